The van der Waals surface area contributed by atoms with Crippen LogP contribution < -0.4 is 0 Å². The minimum Gasteiger partial charge on any atom is -0.374 e. The lowest BCUT2D eigenvalue weighted by Gasteiger charge is -2.28. The van der Waals surface area contributed by atoms with Gasteiger partial charge < -0.3 is 13.3 Å². The Bertz CT molecular complexity index is 318. The van der Waals surface area contributed by atoms with Gasteiger partial charge in [0.05, 0.1) is 0 Å². The maximum Gasteiger partial charge on any atom is 0.500 e. The van der Waals surface area contributed by atoms with Crippen LogP contribution in [0.4, 0.5) is 0 Å². The predicted octanol–water partition coefficient (Wildman–Crippen LogP) is 3.06. The van der Waals surface area contributed by atoms with E-state index in [1.54, 1.807) is 0 Å². The number of pyridine rings is 1. The van der Waals surface area contributed by atoms with Crippen molar-refractivity contribution in [2.75, 3.05) is 19.8 Å². The summed E-state index contributed by atoms with van der Waals surface area (Å²) in [5.41, 5.74) is 1.29. The molecule has 0 aromatic carbocycles. The molecule has 0 unspecified atom stereocenters. The third kappa shape index (κ3) is 5.82. The molecule has 0 saturated heterocycles. The van der Waals surface area contributed by atoms with E-state index in [2.05, 4.69) is 4.98 Å². The average Bonchev–Trinajstić information content (AvgIpc) is 2.41. The molecule has 1 aromatic rings. The second-order valence-electron chi connectivity index (χ2n) is 4.19. The summed E-state index contributed by atoms with van der Waals surface area (Å²) in [6.45, 7) is 7.89. The molecule has 0 aliphatic rings. The van der Waals surface area contributed by atoms with Crippen molar-refractivity contribution in [3.8, 4) is 0 Å². The van der Waals surface area contributed by atoms with Crippen LogP contribution in [0, 0.1) is 0 Å². The molecule has 19 heavy (non-hydrogen) atoms. The Labute approximate surface area is 117 Å². The maximum absolute atomic E-state index is 5.83. The lowest BCUT2D eigenvalue weighted by atomic mass is 10.2. The van der Waals surface area contributed by atoms with Crippen molar-refractivity contribution >= 4 is 8.80 Å². The highest BCUT2D eigenvalue weighted by Crippen LogP contribution is 2.19. The topological polar surface area (TPSA) is 40.6 Å². The fraction of sp³-hybridized carbons (Fsp3) is 0.643. The fourth-order valence-electron chi connectivity index (χ4n) is 2.06. The highest BCUT2D eigenvalue weighted by Gasteiger charge is 2.39. The molecule has 1 heterocycles. The van der Waals surface area contributed by atoms with Gasteiger partial charge in [0.2, 0.25) is 0 Å². The summed E-state index contributed by atoms with van der Waals surface area (Å²) in [5.74, 6) is 0. The van der Waals surface area contributed by atoms with Crippen molar-refractivity contribution in [2.45, 2.75) is 39.7 Å². The Morgan fingerprint density at radius 1 is 0.947 bits per heavy atom. The lowest BCUT2D eigenvalue weighted by Crippen LogP contribution is -2.46. The number of nitrogens with zero attached hydrogens (tertiary/aromatic N) is 1. The van der Waals surface area contributed by atoms with Crippen molar-refractivity contribution in [2.24, 2.45) is 0 Å². The van der Waals surface area contributed by atoms with Gasteiger partial charge in [-0.05, 0) is 51.3 Å². The zero-order chi connectivity index (χ0) is 14.0. The molecule has 0 fully saturated rings. The molecule has 0 bridgehead atoms. The number of aromatic nitrogens is 1. The first-order valence-corrected chi connectivity index (χ1v) is 9.00. The first kappa shape index (κ1) is 16.3. The summed E-state index contributed by atoms with van der Waals surface area (Å²) in [6, 6.07) is 4.96. The van der Waals surface area contributed by atoms with Crippen LogP contribution >= 0.6 is 0 Å². The highest BCUT2D eigenvalue weighted by atomic mass is 28.4. The Balaban J connectivity index is 2.51. The molecule has 0 aliphatic carbocycles. The van der Waals surface area contributed by atoms with Gasteiger partial charge in [0, 0.05) is 38.3 Å². The normalized spacial score (nSPS) is 11.7. The lowest BCUT2D eigenvalue weighted by molar-refractivity contribution is 0.0708. The van der Waals surface area contributed by atoms with Crippen LogP contribution in [0.15, 0.2) is 24.5 Å². The summed E-state index contributed by atoms with van der Waals surface area (Å²) in [5, 5.41) is 0. The molecule has 0 aliphatic heterocycles. The van der Waals surface area contributed by atoms with E-state index < -0.39 is 8.80 Å². The quantitative estimate of drug-likeness (QED) is 0.619. The monoisotopic (exact) mass is 283 g/mol. The number of hydrogen-bond donors (Lipinski definition) is 0. The van der Waals surface area contributed by atoms with Crippen LogP contribution in [0.5, 0.6) is 0 Å². The third-order valence-corrected chi connectivity index (χ3v) is 5.94. The van der Waals surface area contributed by atoms with Crippen LogP contribution in [0.25, 0.3) is 0 Å². The van der Waals surface area contributed by atoms with E-state index in [9.17, 15) is 0 Å². The molecule has 5 heteroatoms. The van der Waals surface area contributed by atoms with Crippen LogP contribution in [0.2, 0.25) is 6.04 Å². The van der Waals surface area contributed by atoms with Gasteiger partial charge in [0.15, 0.2) is 0 Å². The van der Waals surface area contributed by atoms with Gasteiger partial charge in [-0.3, -0.25) is 4.98 Å². The molecule has 0 spiro atoms. The van der Waals surface area contributed by atoms with Gasteiger partial charge in [-0.25, -0.2) is 0 Å². The van der Waals surface area contributed by atoms with Crippen molar-refractivity contribution in [1.29, 1.82) is 0 Å². The van der Waals surface area contributed by atoms with Crippen LogP contribution in [0.1, 0.15) is 32.8 Å². The van der Waals surface area contributed by atoms with Crippen LogP contribution in [-0.4, -0.2) is 33.6 Å². The molecule has 0 N–H and O–H groups in total. The first-order valence-electron chi connectivity index (χ1n) is 7.07. The van der Waals surface area contributed by atoms with Gasteiger partial charge in [-0.1, -0.05) is 0 Å². The van der Waals surface area contributed by atoms with Crippen LogP contribution in [-0.2, 0) is 19.7 Å². The molecule has 0 amide bonds. The summed E-state index contributed by atoms with van der Waals surface area (Å²) in [7, 11) is -2.47. The molecule has 1 aromatic heterocycles. The molecular weight excluding hydrogens is 258 g/mol. The van der Waals surface area contributed by atoms with Gasteiger partial charge in [-0.15, -0.1) is 0 Å². The number of rotatable bonds is 10. The van der Waals surface area contributed by atoms with Gasteiger partial charge in [-0.2, -0.15) is 0 Å². The minimum atomic E-state index is -2.47. The summed E-state index contributed by atoms with van der Waals surface area (Å²) in [6.07, 6.45) is 5.67. The Morgan fingerprint density at radius 3 is 1.95 bits per heavy atom. The average molecular weight is 283 g/mol. The molecule has 4 nitrogen and oxygen atoms in total. The number of aryl methyl sites for hydroxylation is 1. The molecule has 0 radical (unpaired) electrons. The van der Waals surface area contributed by atoms with E-state index in [1.807, 2.05) is 45.3 Å². The van der Waals surface area contributed by atoms with Gasteiger partial charge in [0.1, 0.15) is 0 Å². The van der Waals surface area contributed by atoms with Crippen molar-refractivity contribution in [3.05, 3.63) is 30.1 Å². The van der Waals surface area contributed by atoms with E-state index in [0.29, 0.717) is 19.8 Å². The second kappa shape index (κ2) is 9.20. The second-order valence-corrected chi connectivity index (χ2v) is 6.92. The van der Waals surface area contributed by atoms with Crippen molar-refractivity contribution in [1.82, 2.24) is 4.98 Å². The minimum absolute atomic E-state index is 0.640. The molecule has 1 rings (SSSR count). The maximum atomic E-state index is 5.83. The van der Waals surface area contributed by atoms with Crippen molar-refractivity contribution in [3.63, 3.8) is 0 Å². The predicted molar refractivity (Wildman–Crippen MR) is 78.0 cm³/mol. The standard InChI is InChI=1S/C14H25NO3Si/c1-4-16-19(17-5-2,18-6-3)13-7-8-14-9-11-15-12-10-14/h9-12H,4-8,13H2,1-3H3. The smallest absolute Gasteiger partial charge is 0.374 e. The first-order chi connectivity index (χ1) is 9.26. The summed E-state index contributed by atoms with van der Waals surface area (Å²) < 4.78 is 17.5. The Kier molecular flexibility index (Phi) is 7.89. The third-order valence-electron chi connectivity index (χ3n) is 2.79. The summed E-state index contributed by atoms with van der Waals surface area (Å²) in [4.78, 5) is 4.03. The Hall–Kier alpha value is -0.753. The molecule has 0 atom stereocenters. The van der Waals surface area contributed by atoms with E-state index in [1.165, 1.54) is 5.56 Å². The largest absolute Gasteiger partial charge is 0.500 e. The van der Waals surface area contributed by atoms with Gasteiger partial charge >= 0.3 is 8.80 Å². The summed E-state index contributed by atoms with van der Waals surface area (Å²) >= 11 is 0. The Morgan fingerprint density at radius 2 is 1.47 bits per heavy atom. The zero-order valence-corrected chi connectivity index (χ0v) is 13.2. The fourth-order valence-corrected chi connectivity index (χ4v) is 4.67. The van der Waals surface area contributed by atoms with E-state index in [0.717, 1.165) is 18.9 Å². The number of hydrogen-bond acceptors (Lipinski definition) is 4. The van der Waals surface area contributed by atoms with E-state index in [4.69, 9.17) is 13.3 Å². The molecular formula is C14H25NO3Si. The van der Waals surface area contributed by atoms with Crippen molar-refractivity contribution < 1.29 is 13.3 Å². The van der Waals surface area contributed by atoms with E-state index >= 15 is 0 Å². The molecule has 108 valence electrons. The van der Waals surface area contributed by atoms with Crippen LogP contribution in [0.3, 0.4) is 0 Å². The zero-order valence-electron chi connectivity index (χ0n) is 12.2. The van der Waals surface area contributed by atoms with E-state index in [-0.39, 0.29) is 0 Å². The molecule has 0 saturated carbocycles. The highest BCUT2D eigenvalue weighted by molar-refractivity contribution is 6.60. The van der Waals surface area contributed by atoms with Gasteiger partial charge in [0.25, 0.3) is 0 Å². The SMILES string of the molecule is CCO[Si](CCCc1ccncc1)(OCC)OCC.